The summed E-state index contributed by atoms with van der Waals surface area (Å²) in [5, 5.41) is 7.99. The Hall–Kier alpha value is 0.430. The average Bonchev–Trinajstić information content (AvgIpc) is 1.68. The van der Waals surface area contributed by atoms with Crippen LogP contribution in [0.2, 0.25) is 0 Å². The predicted octanol–water partition coefficient (Wildman–Crippen LogP) is -1.11. The molecule has 0 rings (SSSR count). The van der Waals surface area contributed by atoms with Gasteiger partial charge in [-0.1, -0.05) is 0 Å². The molecule has 0 saturated heterocycles. The fraction of sp³-hybridized carbons (Fsp3) is 0.750. The number of aliphatic hydroxyl groups is 1. The molecule has 0 aliphatic rings. The molecular weight excluding hydrogens is 119 g/mol. The third-order valence-corrected chi connectivity index (χ3v) is 0.434. The van der Waals surface area contributed by atoms with Gasteiger partial charge < -0.3 is 9.84 Å². The Morgan fingerprint density at radius 1 is 1.75 bits per heavy atom. The van der Waals surface area contributed by atoms with E-state index in [1.165, 1.54) is 0 Å². The van der Waals surface area contributed by atoms with E-state index in [0.717, 1.165) is 0 Å². The van der Waals surface area contributed by atoms with Crippen molar-refractivity contribution in [3.8, 4) is 0 Å². The van der Waals surface area contributed by atoms with Crippen LogP contribution < -0.4 is 0 Å². The van der Waals surface area contributed by atoms with Gasteiger partial charge in [0.1, 0.15) is 6.61 Å². The van der Waals surface area contributed by atoms with Gasteiger partial charge in [-0.3, -0.25) is 0 Å². The first-order valence-electron chi connectivity index (χ1n) is 2.07. The molecule has 3 nitrogen and oxygen atoms in total. The molecule has 0 fully saturated rings. The number of ether oxygens (including phenoxy) is 1. The van der Waals surface area contributed by atoms with Crippen molar-refractivity contribution < 1.29 is 14.6 Å². The molecule has 0 heterocycles. The fourth-order valence-corrected chi connectivity index (χ4v) is 0.207. The van der Waals surface area contributed by atoms with Crippen LogP contribution in [-0.2, 0) is 9.53 Å². The van der Waals surface area contributed by atoms with Crippen LogP contribution in [0.15, 0.2) is 0 Å². The summed E-state index contributed by atoms with van der Waals surface area (Å²) in [6, 6.07) is 0. The second-order valence-electron chi connectivity index (χ2n) is 0.963. The second-order valence-corrected chi connectivity index (χ2v) is 0.963. The van der Waals surface area contributed by atoms with Crippen molar-refractivity contribution in [1.82, 2.24) is 0 Å². The Balaban J connectivity index is 0. The Kier molecular flexibility index (Phi) is 10.5. The fourth-order valence-electron chi connectivity index (χ4n) is 0.207. The molecule has 0 aromatic rings. The van der Waals surface area contributed by atoms with Gasteiger partial charge in [-0.05, 0) is 6.92 Å². The normalized spacial score (nSPS) is 7.25. The molecular formula is C4H9NaO3. The van der Waals surface area contributed by atoms with Crippen LogP contribution in [0, 0.1) is 0 Å². The molecule has 0 aromatic heterocycles. The standard InChI is InChI=1S/C4H8O3.Na.H/c1-2-7-4(6)3-5;;/h5H,2-3H2,1H3;;. The van der Waals surface area contributed by atoms with Crippen LogP contribution in [-0.4, -0.2) is 53.8 Å². The number of esters is 1. The number of carbonyl (C=O) groups excluding carboxylic acids is 1. The van der Waals surface area contributed by atoms with Crippen LogP contribution in [0.3, 0.4) is 0 Å². The van der Waals surface area contributed by atoms with Gasteiger partial charge in [0, 0.05) is 0 Å². The van der Waals surface area contributed by atoms with Gasteiger partial charge in [0.25, 0.3) is 0 Å². The zero-order chi connectivity index (χ0) is 5.70. The summed E-state index contributed by atoms with van der Waals surface area (Å²) in [5.41, 5.74) is 0. The number of hydrogen-bond donors (Lipinski definition) is 1. The molecule has 0 spiro atoms. The minimum absolute atomic E-state index is 0. The summed E-state index contributed by atoms with van der Waals surface area (Å²) in [4.78, 5) is 9.94. The topological polar surface area (TPSA) is 46.5 Å². The van der Waals surface area contributed by atoms with Crippen LogP contribution in [0.5, 0.6) is 0 Å². The molecule has 0 amide bonds. The van der Waals surface area contributed by atoms with Crippen molar-refractivity contribution in [3.63, 3.8) is 0 Å². The molecule has 1 N–H and O–H groups in total. The van der Waals surface area contributed by atoms with Gasteiger partial charge in [-0.15, -0.1) is 0 Å². The van der Waals surface area contributed by atoms with Crippen LogP contribution >= 0.6 is 0 Å². The number of rotatable bonds is 2. The maximum absolute atomic E-state index is 9.94. The van der Waals surface area contributed by atoms with E-state index in [-0.39, 0.29) is 29.6 Å². The molecule has 0 aliphatic carbocycles. The summed E-state index contributed by atoms with van der Waals surface area (Å²) < 4.78 is 4.30. The predicted molar refractivity (Wildman–Crippen MR) is 30.9 cm³/mol. The van der Waals surface area contributed by atoms with Crippen molar-refractivity contribution in [1.29, 1.82) is 0 Å². The van der Waals surface area contributed by atoms with Crippen LogP contribution in [0.25, 0.3) is 0 Å². The monoisotopic (exact) mass is 128 g/mol. The number of carbonyl (C=O) groups is 1. The van der Waals surface area contributed by atoms with E-state index in [4.69, 9.17) is 5.11 Å². The van der Waals surface area contributed by atoms with Crippen molar-refractivity contribution >= 4 is 35.5 Å². The first kappa shape index (κ1) is 11.3. The van der Waals surface area contributed by atoms with E-state index < -0.39 is 12.6 Å². The third-order valence-electron chi connectivity index (χ3n) is 0.434. The Labute approximate surface area is 70.3 Å². The molecule has 0 bridgehead atoms. The van der Waals surface area contributed by atoms with E-state index in [1.807, 2.05) is 0 Å². The van der Waals surface area contributed by atoms with E-state index in [1.54, 1.807) is 6.92 Å². The van der Waals surface area contributed by atoms with Gasteiger partial charge in [0.05, 0.1) is 6.61 Å². The second kappa shape index (κ2) is 7.43. The SMILES string of the molecule is CCOC(=O)CO.[NaH]. The molecule has 8 heavy (non-hydrogen) atoms. The van der Waals surface area contributed by atoms with Crippen molar-refractivity contribution in [2.75, 3.05) is 13.2 Å². The van der Waals surface area contributed by atoms with Crippen LogP contribution in [0.1, 0.15) is 6.92 Å². The molecule has 0 atom stereocenters. The minimum atomic E-state index is -0.567. The molecule has 4 heteroatoms. The molecule has 0 unspecified atom stereocenters. The van der Waals surface area contributed by atoms with E-state index >= 15 is 0 Å². The molecule has 0 radical (unpaired) electrons. The van der Waals surface area contributed by atoms with E-state index in [9.17, 15) is 4.79 Å². The molecule has 0 aromatic carbocycles. The molecule has 0 aliphatic heterocycles. The summed E-state index contributed by atoms with van der Waals surface area (Å²) >= 11 is 0. The van der Waals surface area contributed by atoms with Gasteiger partial charge in [-0.25, -0.2) is 4.79 Å². The first-order chi connectivity index (χ1) is 3.31. The number of aliphatic hydroxyl groups excluding tert-OH is 1. The summed E-state index contributed by atoms with van der Waals surface area (Å²) in [5.74, 6) is -0.567. The van der Waals surface area contributed by atoms with E-state index in [0.29, 0.717) is 6.61 Å². The van der Waals surface area contributed by atoms with Gasteiger partial charge in [0.15, 0.2) is 0 Å². The third kappa shape index (κ3) is 6.43. The van der Waals surface area contributed by atoms with Crippen LogP contribution in [0.4, 0.5) is 0 Å². The Morgan fingerprint density at radius 2 is 2.25 bits per heavy atom. The van der Waals surface area contributed by atoms with Gasteiger partial charge in [0.2, 0.25) is 0 Å². The summed E-state index contributed by atoms with van der Waals surface area (Å²) in [7, 11) is 0. The molecule has 0 saturated carbocycles. The Bertz CT molecular complexity index is 64.3. The quantitative estimate of drug-likeness (QED) is 0.379. The number of hydrogen-bond acceptors (Lipinski definition) is 3. The zero-order valence-corrected chi connectivity index (χ0v) is 4.18. The average molecular weight is 128 g/mol. The van der Waals surface area contributed by atoms with Gasteiger partial charge in [-0.2, -0.15) is 0 Å². The van der Waals surface area contributed by atoms with Crippen molar-refractivity contribution in [2.24, 2.45) is 0 Å². The van der Waals surface area contributed by atoms with Crippen molar-refractivity contribution in [3.05, 3.63) is 0 Å². The first-order valence-corrected chi connectivity index (χ1v) is 2.07. The zero-order valence-electron chi connectivity index (χ0n) is 4.18. The van der Waals surface area contributed by atoms with Crippen molar-refractivity contribution in [2.45, 2.75) is 6.92 Å². The maximum atomic E-state index is 9.94. The molecule has 44 valence electrons. The summed E-state index contributed by atoms with van der Waals surface area (Å²) in [6.07, 6.45) is 0. The summed E-state index contributed by atoms with van der Waals surface area (Å²) in [6.45, 7) is 1.50. The Morgan fingerprint density at radius 3 is 2.38 bits per heavy atom. The van der Waals surface area contributed by atoms with E-state index in [2.05, 4.69) is 4.74 Å². The van der Waals surface area contributed by atoms with Gasteiger partial charge >= 0.3 is 35.5 Å².